The molecule has 0 aromatic rings. The number of esters is 1. The van der Waals surface area contributed by atoms with Gasteiger partial charge in [-0.1, -0.05) is 6.08 Å². The van der Waals surface area contributed by atoms with Gasteiger partial charge >= 0.3 is 5.97 Å². The Bertz CT molecular complexity index is 371. The van der Waals surface area contributed by atoms with E-state index in [-0.39, 0.29) is 11.8 Å². The first-order valence-corrected chi connectivity index (χ1v) is 8.97. The first-order chi connectivity index (χ1) is 9.38. The number of rotatable bonds is 7. The minimum Gasteiger partial charge on any atom is -0.464 e. The fourth-order valence-electron chi connectivity index (χ4n) is 1.89. The van der Waals surface area contributed by atoms with Crippen molar-refractivity contribution >= 4 is 35.3 Å². The Hall–Kier alpha value is -0.420. The molecule has 0 bridgehead atoms. The van der Waals surface area contributed by atoms with Gasteiger partial charge in [-0.15, -0.1) is 30.1 Å². The van der Waals surface area contributed by atoms with Crippen LogP contribution in [-0.2, 0) is 14.3 Å². The number of carbonyl (C=O) groups is 2. The molecular weight excluding hydrogens is 292 g/mol. The van der Waals surface area contributed by atoms with Crippen LogP contribution in [0.4, 0.5) is 0 Å². The summed E-state index contributed by atoms with van der Waals surface area (Å²) in [5.74, 6) is 1.84. The Morgan fingerprint density at radius 2 is 1.95 bits per heavy atom. The van der Waals surface area contributed by atoms with Gasteiger partial charge in [-0.2, -0.15) is 0 Å². The van der Waals surface area contributed by atoms with Gasteiger partial charge in [-0.05, 0) is 45.1 Å². The zero-order valence-corrected chi connectivity index (χ0v) is 14.2. The molecule has 0 saturated carbocycles. The molecule has 114 valence electrons. The molecule has 1 rings (SSSR count). The van der Waals surface area contributed by atoms with Crippen molar-refractivity contribution in [2.45, 2.75) is 44.1 Å². The molecule has 20 heavy (non-hydrogen) atoms. The summed E-state index contributed by atoms with van der Waals surface area (Å²) >= 11 is 3.26. The van der Waals surface area contributed by atoms with Gasteiger partial charge in [0.1, 0.15) is 5.78 Å². The van der Waals surface area contributed by atoms with Gasteiger partial charge in [0.25, 0.3) is 0 Å². The molecule has 1 saturated heterocycles. The summed E-state index contributed by atoms with van der Waals surface area (Å²) in [5, 5.41) is 0. The summed E-state index contributed by atoms with van der Waals surface area (Å²) < 4.78 is 4.62. The summed E-state index contributed by atoms with van der Waals surface area (Å²) in [7, 11) is 0. The number of allylic oxidation sites excluding steroid dienone is 1. The molecule has 0 radical (unpaired) electrons. The number of ether oxygens (including phenoxy) is 1. The largest absolute Gasteiger partial charge is 0.464 e. The minimum atomic E-state index is -0.596. The second-order valence-corrected chi connectivity index (χ2v) is 8.42. The summed E-state index contributed by atoms with van der Waals surface area (Å²) in [5.41, 5.74) is -0.528. The third-order valence-electron chi connectivity index (χ3n) is 3.46. The maximum atomic E-state index is 12.3. The Morgan fingerprint density at radius 3 is 2.45 bits per heavy atom. The molecule has 0 atom stereocenters. The Labute approximate surface area is 130 Å². The van der Waals surface area contributed by atoms with Crippen LogP contribution in [0, 0.1) is 5.41 Å². The molecule has 1 aliphatic heterocycles. The van der Waals surface area contributed by atoms with Crippen LogP contribution in [0.25, 0.3) is 0 Å². The van der Waals surface area contributed by atoms with E-state index in [4.69, 9.17) is 4.74 Å². The first kappa shape index (κ1) is 17.6. The highest BCUT2D eigenvalue weighted by atomic mass is 32.2. The Morgan fingerprint density at radius 1 is 1.35 bits per heavy atom. The molecule has 0 spiro atoms. The van der Waals surface area contributed by atoms with E-state index in [0.717, 1.165) is 17.9 Å². The third-order valence-corrected chi connectivity index (χ3v) is 6.82. The van der Waals surface area contributed by atoms with Crippen LogP contribution in [0.5, 0.6) is 0 Å². The highest BCUT2D eigenvalue weighted by Gasteiger charge is 2.43. The molecule has 3 nitrogen and oxygen atoms in total. The summed E-state index contributed by atoms with van der Waals surface area (Å²) in [6.07, 6.45) is 3.70. The molecule has 1 heterocycles. The summed E-state index contributed by atoms with van der Waals surface area (Å²) in [6.45, 7) is 9.63. The van der Waals surface area contributed by atoms with E-state index < -0.39 is 9.49 Å². The average molecular weight is 316 g/mol. The van der Waals surface area contributed by atoms with Crippen molar-refractivity contribution in [3.05, 3.63) is 12.7 Å². The van der Waals surface area contributed by atoms with Crippen molar-refractivity contribution in [2.24, 2.45) is 5.41 Å². The normalized spacial score (nSPS) is 18.4. The molecule has 0 unspecified atom stereocenters. The maximum absolute atomic E-state index is 12.3. The van der Waals surface area contributed by atoms with Gasteiger partial charge in [0.2, 0.25) is 0 Å². The zero-order valence-electron chi connectivity index (χ0n) is 12.6. The number of ketones is 1. The molecule has 0 aromatic heterocycles. The van der Waals surface area contributed by atoms with Gasteiger partial charge in [-0.25, -0.2) is 4.79 Å². The first-order valence-electron chi connectivity index (χ1n) is 7.00. The van der Waals surface area contributed by atoms with Crippen LogP contribution in [-0.4, -0.2) is 33.9 Å². The van der Waals surface area contributed by atoms with Gasteiger partial charge < -0.3 is 4.74 Å². The van der Waals surface area contributed by atoms with Gasteiger partial charge in [0, 0.05) is 11.8 Å². The van der Waals surface area contributed by atoms with Crippen LogP contribution in [0.2, 0.25) is 0 Å². The molecule has 0 aromatic carbocycles. The molecule has 1 aliphatic rings. The number of Topliss-reactive ketones (excluding diaryl/α,β-unsaturated/α-hetero) is 1. The zero-order chi connectivity index (χ0) is 15.2. The predicted octanol–water partition coefficient (Wildman–Crippen LogP) is 3.68. The standard InChI is InChI=1S/C15H24O3S2/c1-5-14(3,4)12(16)8-9-15(13(17)18-6-2)19-10-7-11-20-15/h5H,1,6-11H2,2-4H3. The van der Waals surface area contributed by atoms with Crippen molar-refractivity contribution in [2.75, 3.05) is 18.1 Å². The van der Waals surface area contributed by atoms with Crippen LogP contribution < -0.4 is 0 Å². The van der Waals surface area contributed by atoms with Gasteiger partial charge in [0.05, 0.1) is 6.61 Å². The fraction of sp³-hybridized carbons (Fsp3) is 0.733. The second-order valence-electron chi connectivity index (χ2n) is 5.37. The number of carbonyl (C=O) groups excluding carboxylic acids is 2. The van der Waals surface area contributed by atoms with Crippen LogP contribution >= 0.6 is 23.5 Å². The monoisotopic (exact) mass is 316 g/mol. The average Bonchev–Trinajstić information content (AvgIpc) is 2.45. The highest BCUT2D eigenvalue weighted by molar-refractivity contribution is 8.19. The predicted molar refractivity (Wildman–Crippen MR) is 87.1 cm³/mol. The second kappa shape index (κ2) is 7.55. The SMILES string of the molecule is C=CC(C)(C)C(=O)CCC1(C(=O)OCC)SCCCS1. The van der Waals surface area contributed by atoms with E-state index in [0.29, 0.717) is 19.4 Å². The number of hydrogen-bond acceptors (Lipinski definition) is 5. The van der Waals surface area contributed by atoms with E-state index >= 15 is 0 Å². The third kappa shape index (κ3) is 4.29. The molecule has 1 fully saturated rings. The minimum absolute atomic E-state index is 0.128. The number of hydrogen-bond donors (Lipinski definition) is 0. The summed E-state index contributed by atoms with van der Waals surface area (Å²) in [4.78, 5) is 24.5. The molecule has 5 heteroatoms. The topological polar surface area (TPSA) is 43.4 Å². The smallest absolute Gasteiger partial charge is 0.332 e. The lowest BCUT2D eigenvalue weighted by molar-refractivity contribution is -0.143. The number of thioether (sulfide) groups is 2. The van der Waals surface area contributed by atoms with Gasteiger partial charge in [0.15, 0.2) is 4.08 Å². The van der Waals surface area contributed by atoms with Crippen LogP contribution in [0.1, 0.15) is 40.0 Å². The van der Waals surface area contributed by atoms with Crippen molar-refractivity contribution in [1.29, 1.82) is 0 Å². The highest BCUT2D eigenvalue weighted by Crippen LogP contribution is 2.47. The van der Waals surface area contributed by atoms with E-state index in [1.807, 2.05) is 20.8 Å². The van der Waals surface area contributed by atoms with E-state index in [1.165, 1.54) is 0 Å². The van der Waals surface area contributed by atoms with Crippen LogP contribution in [0.15, 0.2) is 12.7 Å². The van der Waals surface area contributed by atoms with Crippen molar-refractivity contribution in [3.63, 3.8) is 0 Å². The fourth-order valence-corrected chi connectivity index (χ4v) is 4.99. The van der Waals surface area contributed by atoms with E-state index in [9.17, 15) is 9.59 Å². The Balaban J connectivity index is 2.73. The molecule has 0 aliphatic carbocycles. The van der Waals surface area contributed by atoms with Crippen molar-refractivity contribution in [3.8, 4) is 0 Å². The Kier molecular flexibility index (Phi) is 6.65. The molecular formula is C15H24O3S2. The summed E-state index contributed by atoms with van der Waals surface area (Å²) in [6, 6.07) is 0. The quantitative estimate of drug-likeness (QED) is 0.529. The van der Waals surface area contributed by atoms with Crippen molar-refractivity contribution < 1.29 is 14.3 Å². The molecule has 0 amide bonds. The van der Waals surface area contributed by atoms with E-state index in [1.54, 1.807) is 29.6 Å². The lowest BCUT2D eigenvalue weighted by Crippen LogP contribution is -2.38. The van der Waals surface area contributed by atoms with Crippen molar-refractivity contribution in [1.82, 2.24) is 0 Å². The lowest BCUT2D eigenvalue weighted by Gasteiger charge is -2.34. The molecule has 0 N–H and O–H groups in total. The maximum Gasteiger partial charge on any atom is 0.332 e. The van der Waals surface area contributed by atoms with Crippen LogP contribution in [0.3, 0.4) is 0 Å². The van der Waals surface area contributed by atoms with Gasteiger partial charge in [-0.3, -0.25) is 4.79 Å². The lowest BCUT2D eigenvalue weighted by atomic mass is 9.85. The van der Waals surface area contributed by atoms with E-state index in [2.05, 4.69) is 6.58 Å².